The Kier molecular flexibility index (Phi) is 7.30. The van der Waals surface area contributed by atoms with Crippen molar-refractivity contribution in [2.24, 2.45) is 5.92 Å². The van der Waals surface area contributed by atoms with E-state index in [-0.39, 0.29) is 18.4 Å². The Morgan fingerprint density at radius 2 is 1.73 bits per heavy atom. The third-order valence-corrected chi connectivity index (χ3v) is 4.82. The second-order valence-electron chi connectivity index (χ2n) is 7.19. The van der Waals surface area contributed by atoms with Crippen LogP contribution in [0.4, 0.5) is 5.69 Å². The van der Waals surface area contributed by atoms with Gasteiger partial charge in [0.15, 0.2) is 0 Å². The average Bonchev–Trinajstić information content (AvgIpc) is 2.64. The topological polar surface area (TPSA) is 53.1 Å². The molecule has 0 aliphatic carbocycles. The molecule has 0 unspecified atom stereocenters. The van der Waals surface area contributed by atoms with E-state index in [0.717, 1.165) is 30.9 Å². The number of anilines is 1. The van der Waals surface area contributed by atoms with Crippen LogP contribution in [0.1, 0.15) is 27.2 Å². The van der Waals surface area contributed by atoms with Gasteiger partial charge in [-0.05, 0) is 36.6 Å². The van der Waals surface area contributed by atoms with Gasteiger partial charge in [0, 0.05) is 45.3 Å². The highest BCUT2D eigenvalue weighted by Gasteiger charge is 2.23. The van der Waals surface area contributed by atoms with Crippen LogP contribution in [0.5, 0.6) is 5.75 Å². The van der Waals surface area contributed by atoms with Gasteiger partial charge in [-0.25, -0.2) is 0 Å². The lowest BCUT2D eigenvalue weighted by atomic mass is 10.1. The summed E-state index contributed by atoms with van der Waals surface area (Å²) in [6.45, 7) is 9.57. The van der Waals surface area contributed by atoms with Gasteiger partial charge < -0.3 is 19.4 Å². The third-order valence-electron chi connectivity index (χ3n) is 4.82. The van der Waals surface area contributed by atoms with E-state index in [9.17, 15) is 9.59 Å². The lowest BCUT2D eigenvalue weighted by Crippen LogP contribution is -2.51. The van der Waals surface area contributed by atoms with Crippen LogP contribution in [0.3, 0.4) is 0 Å². The molecule has 1 aromatic rings. The first-order valence-electron chi connectivity index (χ1n) is 9.33. The minimum absolute atomic E-state index is 0.0316. The molecule has 0 N–H and O–H groups in total. The molecule has 1 saturated heterocycles. The van der Waals surface area contributed by atoms with E-state index in [0.29, 0.717) is 25.6 Å². The molecule has 1 fully saturated rings. The zero-order valence-corrected chi connectivity index (χ0v) is 16.4. The first kappa shape index (κ1) is 20.1. The molecule has 1 heterocycles. The van der Waals surface area contributed by atoms with Crippen molar-refractivity contribution in [2.75, 3.05) is 51.3 Å². The Labute approximate surface area is 156 Å². The Morgan fingerprint density at radius 1 is 1.12 bits per heavy atom. The smallest absolute Gasteiger partial charge is 0.242 e. The van der Waals surface area contributed by atoms with Gasteiger partial charge in [-0.3, -0.25) is 9.59 Å². The molecular weight excluding hydrogens is 330 g/mol. The molecule has 6 heteroatoms. The van der Waals surface area contributed by atoms with E-state index < -0.39 is 0 Å². The van der Waals surface area contributed by atoms with Gasteiger partial charge in [0.2, 0.25) is 11.8 Å². The fourth-order valence-electron chi connectivity index (χ4n) is 3.03. The summed E-state index contributed by atoms with van der Waals surface area (Å²) >= 11 is 0. The maximum atomic E-state index is 12.6. The first-order valence-corrected chi connectivity index (χ1v) is 9.33. The zero-order chi connectivity index (χ0) is 19.1. The number of piperazine rings is 1. The summed E-state index contributed by atoms with van der Waals surface area (Å²) in [4.78, 5) is 30.2. The highest BCUT2D eigenvalue weighted by atomic mass is 16.5. The van der Waals surface area contributed by atoms with Crippen molar-refractivity contribution in [3.8, 4) is 5.75 Å². The van der Waals surface area contributed by atoms with E-state index in [2.05, 4.69) is 18.7 Å². The maximum absolute atomic E-state index is 12.6. The highest BCUT2D eigenvalue weighted by Crippen LogP contribution is 2.20. The minimum Gasteiger partial charge on any atom is -0.497 e. The number of carbonyl (C=O) groups is 2. The van der Waals surface area contributed by atoms with E-state index in [4.69, 9.17) is 4.74 Å². The van der Waals surface area contributed by atoms with Crippen molar-refractivity contribution in [2.45, 2.75) is 27.2 Å². The molecule has 0 spiro atoms. The van der Waals surface area contributed by atoms with Gasteiger partial charge >= 0.3 is 0 Å². The number of benzene rings is 1. The highest BCUT2D eigenvalue weighted by molar-refractivity contribution is 5.84. The molecule has 0 saturated carbocycles. The fourth-order valence-corrected chi connectivity index (χ4v) is 3.03. The normalized spacial score (nSPS) is 14.5. The van der Waals surface area contributed by atoms with Crippen molar-refractivity contribution < 1.29 is 14.3 Å². The van der Waals surface area contributed by atoms with Crippen LogP contribution in [0.25, 0.3) is 0 Å². The summed E-state index contributed by atoms with van der Waals surface area (Å²) in [5, 5.41) is 0. The summed E-state index contributed by atoms with van der Waals surface area (Å²) in [6.07, 6.45) is 0.915. The van der Waals surface area contributed by atoms with Crippen LogP contribution >= 0.6 is 0 Å². The average molecular weight is 361 g/mol. The molecular formula is C20H31N3O3. The first-order chi connectivity index (χ1) is 12.4. The predicted molar refractivity (Wildman–Crippen MR) is 103 cm³/mol. The van der Waals surface area contributed by atoms with Crippen LogP contribution in [-0.2, 0) is 9.59 Å². The van der Waals surface area contributed by atoms with E-state index in [1.165, 1.54) is 6.92 Å². The van der Waals surface area contributed by atoms with E-state index in [1.54, 1.807) is 12.0 Å². The fraction of sp³-hybridized carbons (Fsp3) is 0.600. The zero-order valence-electron chi connectivity index (χ0n) is 16.4. The lowest BCUT2D eigenvalue weighted by Gasteiger charge is -2.37. The molecule has 1 aliphatic rings. The Hall–Kier alpha value is -2.24. The van der Waals surface area contributed by atoms with Crippen molar-refractivity contribution in [3.63, 3.8) is 0 Å². The summed E-state index contributed by atoms with van der Waals surface area (Å²) in [6, 6.07) is 7.98. The summed E-state index contributed by atoms with van der Waals surface area (Å²) < 4.78 is 5.19. The maximum Gasteiger partial charge on any atom is 0.242 e. The number of ether oxygens (including phenoxy) is 1. The number of carbonyl (C=O) groups excluding carboxylic acids is 2. The molecule has 1 aliphatic heterocycles. The Bertz CT molecular complexity index is 593. The van der Waals surface area contributed by atoms with Crippen LogP contribution in [0.15, 0.2) is 24.3 Å². The molecule has 0 bridgehead atoms. The minimum atomic E-state index is -0.0316. The predicted octanol–water partition coefficient (Wildman–Crippen LogP) is 2.24. The van der Waals surface area contributed by atoms with Crippen LogP contribution in [-0.4, -0.2) is 68.0 Å². The number of amides is 2. The van der Waals surface area contributed by atoms with Crippen molar-refractivity contribution >= 4 is 17.5 Å². The molecule has 144 valence electrons. The van der Waals surface area contributed by atoms with Gasteiger partial charge in [0.25, 0.3) is 0 Å². The molecule has 0 atom stereocenters. The third kappa shape index (κ3) is 5.64. The number of hydrogen-bond acceptors (Lipinski definition) is 4. The number of hydrogen-bond donors (Lipinski definition) is 0. The van der Waals surface area contributed by atoms with Gasteiger partial charge in [0.1, 0.15) is 5.75 Å². The SMILES string of the molecule is COc1ccc(N2CCN(C(=O)CN(CCC(C)C)C(C)=O)CC2)cc1. The monoisotopic (exact) mass is 361 g/mol. The molecule has 26 heavy (non-hydrogen) atoms. The Morgan fingerprint density at radius 3 is 2.23 bits per heavy atom. The van der Waals surface area contributed by atoms with Crippen molar-refractivity contribution in [1.82, 2.24) is 9.80 Å². The van der Waals surface area contributed by atoms with E-state index in [1.807, 2.05) is 29.2 Å². The Balaban J connectivity index is 1.85. The second kappa shape index (κ2) is 9.46. The molecule has 2 rings (SSSR count). The number of methoxy groups -OCH3 is 1. The van der Waals surface area contributed by atoms with Crippen molar-refractivity contribution in [1.29, 1.82) is 0 Å². The van der Waals surface area contributed by atoms with Crippen LogP contribution in [0, 0.1) is 5.92 Å². The van der Waals surface area contributed by atoms with Crippen LogP contribution < -0.4 is 9.64 Å². The molecule has 2 amide bonds. The number of rotatable bonds is 7. The summed E-state index contributed by atoms with van der Waals surface area (Å²) in [5.74, 6) is 1.36. The van der Waals surface area contributed by atoms with Gasteiger partial charge in [0.05, 0.1) is 13.7 Å². The van der Waals surface area contributed by atoms with Crippen molar-refractivity contribution in [3.05, 3.63) is 24.3 Å². The standard InChI is InChI=1S/C20H31N3O3/c1-16(2)9-10-23(17(3)24)15-20(25)22-13-11-21(12-14-22)18-5-7-19(26-4)8-6-18/h5-8,16H,9-15H2,1-4H3. The van der Waals surface area contributed by atoms with Gasteiger partial charge in [-0.1, -0.05) is 13.8 Å². The quantitative estimate of drug-likeness (QED) is 0.747. The molecule has 1 aromatic carbocycles. The molecule has 6 nitrogen and oxygen atoms in total. The molecule has 0 aromatic heterocycles. The van der Waals surface area contributed by atoms with Crippen LogP contribution in [0.2, 0.25) is 0 Å². The summed E-state index contributed by atoms with van der Waals surface area (Å²) in [5.41, 5.74) is 1.14. The summed E-state index contributed by atoms with van der Waals surface area (Å²) in [7, 11) is 1.66. The lowest BCUT2D eigenvalue weighted by molar-refractivity contribution is -0.139. The molecule has 0 radical (unpaired) electrons. The largest absolute Gasteiger partial charge is 0.497 e. The van der Waals surface area contributed by atoms with Gasteiger partial charge in [-0.15, -0.1) is 0 Å². The number of nitrogens with zero attached hydrogens (tertiary/aromatic N) is 3. The van der Waals surface area contributed by atoms with E-state index >= 15 is 0 Å². The van der Waals surface area contributed by atoms with Gasteiger partial charge in [-0.2, -0.15) is 0 Å². The second-order valence-corrected chi connectivity index (χ2v) is 7.19.